The summed E-state index contributed by atoms with van der Waals surface area (Å²) in [5.74, 6) is -0.262. The molecule has 0 aliphatic carbocycles. The Balaban J connectivity index is 1.73. The lowest BCUT2D eigenvalue weighted by molar-refractivity contribution is 0.104. The smallest absolute Gasteiger partial charge is 0.261 e. The van der Waals surface area contributed by atoms with Crippen molar-refractivity contribution in [3.05, 3.63) is 102 Å². The van der Waals surface area contributed by atoms with Gasteiger partial charge in [0.25, 0.3) is 10.0 Å². The lowest BCUT2D eigenvalue weighted by Gasteiger charge is -2.08. The van der Waals surface area contributed by atoms with Gasteiger partial charge in [-0.1, -0.05) is 36.4 Å². The molecule has 0 heterocycles. The molecule has 0 aliphatic heterocycles. The van der Waals surface area contributed by atoms with Crippen molar-refractivity contribution in [1.29, 1.82) is 5.26 Å². The van der Waals surface area contributed by atoms with Gasteiger partial charge in [0.05, 0.1) is 16.5 Å². The zero-order valence-electron chi connectivity index (χ0n) is 14.7. The maximum absolute atomic E-state index is 12.4. The molecule has 0 aliphatic rings. The van der Waals surface area contributed by atoms with Crippen molar-refractivity contribution < 1.29 is 13.2 Å². The molecule has 6 heteroatoms. The summed E-state index contributed by atoms with van der Waals surface area (Å²) in [6.45, 7) is 0. The molecule has 0 aromatic heterocycles. The molecule has 5 nitrogen and oxygen atoms in total. The third kappa shape index (κ3) is 4.72. The Labute approximate surface area is 163 Å². The first-order valence-corrected chi connectivity index (χ1v) is 9.87. The summed E-state index contributed by atoms with van der Waals surface area (Å²) in [4.78, 5) is 12.4. The van der Waals surface area contributed by atoms with E-state index in [4.69, 9.17) is 5.26 Å². The van der Waals surface area contributed by atoms with Crippen molar-refractivity contribution in [3.8, 4) is 6.07 Å². The molecule has 138 valence electrons. The SMILES string of the molecule is N#Cc1cccc(/C=C/C(=O)c2ccc(S(=O)(=O)Nc3ccccc3)cc2)c1. The maximum atomic E-state index is 12.4. The Morgan fingerprint density at radius 3 is 2.32 bits per heavy atom. The van der Waals surface area contributed by atoms with Gasteiger partial charge in [-0.25, -0.2) is 8.42 Å². The minimum atomic E-state index is -3.73. The molecule has 0 spiro atoms. The molecule has 0 bridgehead atoms. The Morgan fingerprint density at radius 1 is 0.929 bits per heavy atom. The van der Waals surface area contributed by atoms with Crippen molar-refractivity contribution in [1.82, 2.24) is 0 Å². The number of ketones is 1. The van der Waals surface area contributed by atoms with Gasteiger partial charge in [0, 0.05) is 11.3 Å². The number of nitriles is 1. The average molecular weight is 388 g/mol. The highest BCUT2D eigenvalue weighted by molar-refractivity contribution is 7.92. The third-order valence-electron chi connectivity index (χ3n) is 3.92. The van der Waals surface area contributed by atoms with Crippen molar-refractivity contribution in [3.63, 3.8) is 0 Å². The van der Waals surface area contributed by atoms with Crippen LogP contribution in [0.5, 0.6) is 0 Å². The van der Waals surface area contributed by atoms with Gasteiger partial charge in [0.15, 0.2) is 5.78 Å². The normalized spacial score (nSPS) is 11.1. The van der Waals surface area contributed by atoms with E-state index in [9.17, 15) is 13.2 Å². The van der Waals surface area contributed by atoms with Crippen molar-refractivity contribution in [2.45, 2.75) is 4.90 Å². The van der Waals surface area contributed by atoms with Gasteiger partial charge in [-0.05, 0) is 60.2 Å². The first-order chi connectivity index (χ1) is 13.5. The molecule has 0 saturated heterocycles. The van der Waals surface area contributed by atoms with E-state index in [1.54, 1.807) is 60.7 Å². The van der Waals surface area contributed by atoms with E-state index in [2.05, 4.69) is 4.72 Å². The molecule has 0 fully saturated rings. The number of anilines is 1. The number of hydrogen-bond donors (Lipinski definition) is 1. The summed E-state index contributed by atoms with van der Waals surface area (Å²) in [6.07, 6.45) is 3.01. The van der Waals surface area contributed by atoms with Crippen LogP contribution >= 0.6 is 0 Å². The van der Waals surface area contributed by atoms with Crippen molar-refractivity contribution >= 4 is 27.6 Å². The van der Waals surface area contributed by atoms with Crippen LogP contribution in [0.1, 0.15) is 21.5 Å². The van der Waals surface area contributed by atoms with Crippen LogP contribution in [0.4, 0.5) is 5.69 Å². The minimum Gasteiger partial charge on any atom is -0.289 e. The number of carbonyl (C=O) groups is 1. The van der Waals surface area contributed by atoms with Crippen LogP contribution in [0.2, 0.25) is 0 Å². The molecule has 1 N–H and O–H groups in total. The molecular weight excluding hydrogens is 372 g/mol. The molecule has 0 amide bonds. The highest BCUT2D eigenvalue weighted by Crippen LogP contribution is 2.17. The number of benzene rings is 3. The average Bonchev–Trinajstić information content (AvgIpc) is 2.72. The van der Waals surface area contributed by atoms with Crippen LogP contribution in [0.25, 0.3) is 6.08 Å². The number of nitrogens with zero attached hydrogens (tertiary/aromatic N) is 1. The van der Waals surface area contributed by atoms with Crippen LogP contribution in [0.15, 0.2) is 89.8 Å². The molecule has 0 unspecified atom stereocenters. The fourth-order valence-electron chi connectivity index (χ4n) is 2.50. The van der Waals surface area contributed by atoms with E-state index < -0.39 is 10.0 Å². The van der Waals surface area contributed by atoms with E-state index in [1.165, 1.54) is 30.3 Å². The number of allylic oxidation sites excluding steroid dienone is 1. The predicted molar refractivity (Wildman–Crippen MR) is 108 cm³/mol. The number of hydrogen-bond acceptors (Lipinski definition) is 4. The summed E-state index contributed by atoms with van der Waals surface area (Å²) in [7, 11) is -3.73. The fraction of sp³-hybridized carbons (Fsp3) is 0. The number of nitrogens with one attached hydrogen (secondary N) is 1. The third-order valence-corrected chi connectivity index (χ3v) is 5.32. The second-order valence-corrected chi connectivity index (χ2v) is 7.61. The minimum absolute atomic E-state index is 0.0682. The molecule has 0 atom stereocenters. The zero-order chi connectivity index (χ0) is 20.0. The number of rotatable bonds is 6. The van der Waals surface area contributed by atoms with E-state index in [0.717, 1.165) is 5.56 Å². The Kier molecular flexibility index (Phi) is 5.68. The van der Waals surface area contributed by atoms with Crippen LogP contribution < -0.4 is 4.72 Å². The highest BCUT2D eigenvalue weighted by atomic mass is 32.2. The van der Waals surface area contributed by atoms with E-state index in [1.807, 2.05) is 6.07 Å². The van der Waals surface area contributed by atoms with Gasteiger partial charge in [0.1, 0.15) is 0 Å². The van der Waals surface area contributed by atoms with Gasteiger partial charge in [-0.3, -0.25) is 9.52 Å². The van der Waals surface area contributed by atoms with Gasteiger partial charge in [-0.2, -0.15) is 5.26 Å². The topological polar surface area (TPSA) is 87.0 Å². The molecule has 0 radical (unpaired) electrons. The summed E-state index contributed by atoms with van der Waals surface area (Å²) in [6, 6.07) is 23.2. The van der Waals surface area contributed by atoms with Gasteiger partial charge in [0.2, 0.25) is 0 Å². The summed E-state index contributed by atoms with van der Waals surface area (Å²) >= 11 is 0. The maximum Gasteiger partial charge on any atom is 0.261 e. The standard InChI is InChI=1S/C22H16N2O3S/c23-16-18-6-4-5-17(15-18)9-14-22(25)19-10-12-21(13-11-19)28(26,27)24-20-7-2-1-3-8-20/h1-15,24H/b14-9+. The number of carbonyl (C=O) groups excluding carboxylic acids is 1. The summed E-state index contributed by atoms with van der Waals surface area (Å²) < 4.78 is 27.3. The first kappa shape index (κ1) is 19.1. The molecule has 0 saturated carbocycles. The lowest BCUT2D eigenvalue weighted by atomic mass is 10.1. The number of sulfonamides is 1. The van der Waals surface area contributed by atoms with E-state index in [-0.39, 0.29) is 10.7 Å². The quantitative estimate of drug-likeness (QED) is 0.505. The number of para-hydroxylation sites is 1. The summed E-state index contributed by atoms with van der Waals surface area (Å²) in [5, 5.41) is 8.91. The largest absolute Gasteiger partial charge is 0.289 e. The lowest BCUT2D eigenvalue weighted by Crippen LogP contribution is -2.13. The highest BCUT2D eigenvalue weighted by Gasteiger charge is 2.14. The van der Waals surface area contributed by atoms with Crippen LogP contribution in [-0.4, -0.2) is 14.2 Å². The Bertz CT molecular complexity index is 1160. The molecular formula is C22H16N2O3S. The van der Waals surface area contributed by atoms with Crippen LogP contribution in [0, 0.1) is 11.3 Å². The van der Waals surface area contributed by atoms with Gasteiger partial charge >= 0.3 is 0 Å². The fourth-order valence-corrected chi connectivity index (χ4v) is 3.56. The second-order valence-electron chi connectivity index (χ2n) is 5.93. The zero-order valence-corrected chi connectivity index (χ0v) is 15.6. The Morgan fingerprint density at radius 2 is 1.64 bits per heavy atom. The molecule has 3 aromatic rings. The van der Waals surface area contributed by atoms with E-state index in [0.29, 0.717) is 16.8 Å². The van der Waals surface area contributed by atoms with Gasteiger partial charge < -0.3 is 0 Å². The van der Waals surface area contributed by atoms with Crippen LogP contribution in [0.3, 0.4) is 0 Å². The van der Waals surface area contributed by atoms with Crippen molar-refractivity contribution in [2.24, 2.45) is 0 Å². The van der Waals surface area contributed by atoms with Crippen LogP contribution in [-0.2, 0) is 10.0 Å². The second kappa shape index (κ2) is 8.33. The predicted octanol–water partition coefficient (Wildman–Crippen LogP) is 4.26. The van der Waals surface area contributed by atoms with Gasteiger partial charge in [-0.15, -0.1) is 0 Å². The van der Waals surface area contributed by atoms with Crippen molar-refractivity contribution in [2.75, 3.05) is 4.72 Å². The Hall–Kier alpha value is -3.69. The monoisotopic (exact) mass is 388 g/mol. The molecule has 3 rings (SSSR count). The first-order valence-electron chi connectivity index (χ1n) is 8.38. The van der Waals surface area contributed by atoms with E-state index >= 15 is 0 Å². The molecule has 3 aromatic carbocycles. The summed E-state index contributed by atoms with van der Waals surface area (Å²) in [5.41, 5.74) is 2.07. The molecule has 28 heavy (non-hydrogen) atoms.